The smallest absolute Gasteiger partial charge is 0.418 e. The summed E-state index contributed by atoms with van der Waals surface area (Å²) in [6.07, 6.45) is -2.09. The fourth-order valence-electron chi connectivity index (χ4n) is 9.18. The molecule has 5 aliphatic heterocycles. The molecule has 7 rings (SSSR count). The van der Waals surface area contributed by atoms with Gasteiger partial charge in [0.05, 0.1) is 29.5 Å². The second-order valence-electron chi connectivity index (χ2n) is 16.3. The zero-order valence-corrected chi connectivity index (χ0v) is 34.6. The average Bonchev–Trinajstić information content (AvgIpc) is 3.42. The third-order valence-corrected chi connectivity index (χ3v) is 12.9. The minimum absolute atomic E-state index is 0.0131. The molecule has 4 saturated heterocycles. The number of hydrogen-bond donors (Lipinski definition) is 2. The lowest BCUT2D eigenvalue weighted by molar-refractivity contribution is -0.155. The molecular weight excluding hydrogens is 807 g/mol. The van der Waals surface area contributed by atoms with E-state index in [1.165, 1.54) is 11.0 Å². The van der Waals surface area contributed by atoms with Crippen LogP contribution in [0.5, 0.6) is 0 Å². The van der Waals surface area contributed by atoms with Gasteiger partial charge >= 0.3 is 24.3 Å². The SMILES string of the molecule is Nc1c(Cl)cc(C[C@@H](OC(=O)N2CCC(N3CCc4ccccc4NC3=O)CC2)C(=O)N2CCC(N3CCCC[C@@H]3C(=O)OCCN3CCOCC3)CC2)cc1C(F)(F)F. The number of anilines is 2. The van der Waals surface area contributed by atoms with Gasteiger partial charge in [-0.2, -0.15) is 13.2 Å². The highest BCUT2D eigenvalue weighted by Gasteiger charge is 2.40. The predicted octanol–water partition coefficient (Wildman–Crippen LogP) is 5.26. The van der Waals surface area contributed by atoms with Gasteiger partial charge in [-0.3, -0.25) is 19.4 Å². The number of nitrogens with one attached hydrogen (secondary N) is 1. The second-order valence-corrected chi connectivity index (χ2v) is 16.7. The molecule has 3 N–H and O–H groups in total. The normalized spacial score (nSPS) is 22.1. The number of halogens is 4. The number of urea groups is 1. The number of nitrogens with two attached hydrogens (primary N) is 1. The van der Waals surface area contributed by atoms with Crippen LogP contribution in [0.4, 0.5) is 34.1 Å². The Bertz CT molecular complexity index is 1850. The minimum atomic E-state index is -4.80. The van der Waals surface area contributed by atoms with Gasteiger partial charge in [0.25, 0.3) is 5.91 Å². The van der Waals surface area contributed by atoms with Crippen molar-refractivity contribution in [1.29, 1.82) is 0 Å². The number of likely N-dealkylation sites (tertiary alicyclic amines) is 3. The van der Waals surface area contributed by atoms with Crippen LogP contribution >= 0.6 is 11.6 Å². The largest absolute Gasteiger partial charge is 0.463 e. The van der Waals surface area contributed by atoms with E-state index in [2.05, 4.69) is 15.1 Å². The monoisotopic (exact) mass is 861 g/mol. The van der Waals surface area contributed by atoms with Gasteiger partial charge in [0.1, 0.15) is 12.6 Å². The van der Waals surface area contributed by atoms with Crippen LogP contribution in [0.3, 0.4) is 0 Å². The summed E-state index contributed by atoms with van der Waals surface area (Å²) in [5.41, 5.74) is 5.80. The van der Waals surface area contributed by atoms with E-state index < -0.39 is 35.5 Å². The number of ether oxygens (including phenoxy) is 3. The molecule has 0 aliphatic carbocycles. The number of hydrogen-bond acceptors (Lipinski definition) is 10. The number of fused-ring (bicyclic) bond motifs is 1. The molecule has 0 spiro atoms. The molecule has 0 saturated carbocycles. The number of para-hydroxylation sites is 1. The Morgan fingerprint density at radius 3 is 2.33 bits per heavy atom. The Balaban J connectivity index is 0.987. The van der Waals surface area contributed by atoms with Gasteiger partial charge in [-0.15, -0.1) is 0 Å². The Morgan fingerprint density at radius 1 is 0.900 bits per heavy atom. The zero-order valence-electron chi connectivity index (χ0n) is 33.8. The van der Waals surface area contributed by atoms with Gasteiger partial charge in [0.15, 0.2) is 6.10 Å². The van der Waals surface area contributed by atoms with Crippen LogP contribution in [-0.2, 0) is 42.8 Å². The van der Waals surface area contributed by atoms with Crippen LogP contribution in [0.15, 0.2) is 36.4 Å². The summed E-state index contributed by atoms with van der Waals surface area (Å²) in [5.74, 6) is -0.769. The first-order valence-corrected chi connectivity index (χ1v) is 21.5. The summed E-state index contributed by atoms with van der Waals surface area (Å²) in [5, 5.41) is 2.66. The lowest BCUT2D eigenvalue weighted by Gasteiger charge is -2.44. The topological polar surface area (TPSA) is 150 Å². The fourth-order valence-corrected chi connectivity index (χ4v) is 9.42. The quantitative estimate of drug-likeness (QED) is 0.239. The molecule has 5 heterocycles. The summed E-state index contributed by atoms with van der Waals surface area (Å²) in [6.45, 7) is 6.27. The summed E-state index contributed by atoms with van der Waals surface area (Å²) < 4.78 is 59.0. The van der Waals surface area contributed by atoms with Crippen molar-refractivity contribution in [2.75, 3.05) is 89.8 Å². The Labute approximate surface area is 353 Å². The lowest BCUT2D eigenvalue weighted by atomic mass is 9.94. The van der Waals surface area contributed by atoms with Crippen molar-refractivity contribution >= 4 is 47.0 Å². The van der Waals surface area contributed by atoms with Crippen LogP contribution in [0.1, 0.15) is 61.6 Å². The van der Waals surface area contributed by atoms with Crippen LogP contribution in [0.2, 0.25) is 5.02 Å². The van der Waals surface area contributed by atoms with Crippen molar-refractivity contribution in [3.05, 3.63) is 58.1 Å². The van der Waals surface area contributed by atoms with Crippen molar-refractivity contribution in [3.8, 4) is 0 Å². The van der Waals surface area contributed by atoms with Crippen LogP contribution in [0.25, 0.3) is 0 Å². The highest BCUT2D eigenvalue weighted by Crippen LogP contribution is 2.38. The lowest BCUT2D eigenvalue weighted by Crippen LogP contribution is -2.56. The number of nitrogen functional groups attached to an aromatic ring is 1. The molecule has 2 aromatic rings. The Morgan fingerprint density at radius 2 is 1.60 bits per heavy atom. The van der Waals surface area contributed by atoms with Gasteiger partial charge in [-0.05, 0) is 80.8 Å². The fraction of sp³-hybridized carbons (Fsp3) is 0.619. The summed E-state index contributed by atoms with van der Waals surface area (Å²) in [6, 6.07) is 9.07. The van der Waals surface area contributed by atoms with Crippen molar-refractivity contribution < 1.29 is 46.6 Å². The number of piperidine rings is 3. The van der Waals surface area contributed by atoms with Gasteiger partial charge in [0.2, 0.25) is 0 Å². The highest BCUT2D eigenvalue weighted by atomic mass is 35.5. The third-order valence-electron chi connectivity index (χ3n) is 12.6. The number of amides is 4. The van der Waals surface area contributed by atoms with Crippen LogP contribution in [-0.4, -0.2) is 151 Å². The van der Waals surface area contributed by atoms with E-state index in [1.54, 1.807) is 9.80 Å². The molecule has 328 valence electrons. The molecule has 0 unspecified atom stereocenters. The van der Waals surface area contributed by atoms with Crippen molar-refractivity contribution in [3.63, 3.8) is 0 Å². The number of esters is 1. The van der Waals surface area contributed by atoms with Crippen molar-refractivity contribution in [1.82, 2.24) is 24.5 Å². The van der Waals surface area contributed by atoms with E-state index in [0.717, 1.165) is 49.8 Å². The average molecular weight is 862 g/mol. The molecule has 14 nitrogen and oxygen atoms in total. The molecule has 18 heteroatoms. The third kappa shape index (κ3) is 10.6. The summed E-state index contributed by atoms with van der Waals surface area (Å²) >= 11 is 6.16. The van der Waals surface area contributed by atoms with Crippen LogP contribution in [0, 0.1) is 0 Å². The highest BCUT2D eigenvalue weighted by molar-refractivity contribution is 6.33. The van der Waals surface area contributed by atoms with Gasteiger partial charge in [-0.25, -0.2) is 9.59 Å². The first kappa shape index (κ1) is 43.8. The molecule has 2 aromatic carbocycles. The molecule has 0 aromatic heterocycles. The number of morpholine rings is 1. The van der Waals surface area contributed by atoms with Crippen molar-refractivity contribution in [2.24, 2.45) is 0 Å². The Hall–Kier alpha value is -4.32. The van der Waals surface area contributed by atoms with Gasteiger partial charge in [-0.1, -0.05) is 36.2 Å². The minimum Gasteiger partial charge on any atom is -0.463 e. The maximum absolute atomic E-state index is 14.3. The molecule has 2 atom stereocenters. The number of rotatable bonds is 10. The number of carbonyl (C=O) groups excluding carboxylic acids is 4. The second kappa shape index (κ2) is 19.6. The number of carbonyl (C=O) groups is 4. The zero-order chi connectivity index (χ0) is 42.4. The van der Waals surface area contributed by atoms with E-state index >= 15 is 0 Å². The van der Waals surface area contributed by atoms with Gasteiger partial charge in [0, 0.05) is 76.5 Å². The molecule has 4 amide bonds. The maximum Gasteiger partial charge on any atom is 0.418 e. The first-order valence-electron chi connectivity index (χ1n) is 21.1. The molecule has 0 radical (unpaired) electrons. The number of alkyl halides is 3. The van der Waals surface area contributed by atoms with E-state index in [1.807, 2.05) is 24.3 Å². The number of benzene rings is 2. The van der Waals surface area contributed by atoms with E-state index in [-0.39, 0.29) is 60.2 Å². The molecular formula is C42H55ClF3N7O7. The van der Waals surface area contributed by atoms with E-state index in [9.17, 15) is 32.3 Å². The first-order chi connectivity index (χ1) is 28.9. The van der Waals surface area contributed by atoms with Crippen LogP contribution < -0.4 is 11.1 Å². The maximum atomic E-state index is 14.3. The van der Waals surface area contributed by atoms with Gasteiger partial charge < -0.3 is 40.0 Å². The van der Waals surface area contributed by atoms with E-state index in [0.29, 0.717) is 84.5 Å². The number of nitrogens with zero attached hydrogens (tertiary/aromatic N) is 5. The summed E-state index contributed by atoms with van der Waals surface area (Å²) in [7, 11) is 0. The molecule has 4 fully saturated rings. The van der Waals surface area contributed by atoms with Crippen molar-refractivity contribution in [2.45, 2.75) is 88.2 Å². The molecule has 60 heavy (non-hydrogen) atoms. The predicted molar refractivity (Wildman–Crippen MR) is 217 cm³/mol. The molecule has 5 aliphatic rings. The summed E-state index contributed by atoms with van der Waals surface area (Å²) in [4.78, 5) is 63.8. The molecule has 0 bridgehead atoms. The standard InChI is InChI=1S/C42H55ClF3N7O7/c43-33-26-28(25-32(37(33)47)42(44,45)46)27-36(60-41(57)51-16-11-31(12-17-51)53-18-8-29-5-1-2-6-34(29)48-40(53)56)38(54)50-14-9-30(10-15-50)52-13-4-3-7-35(52)39(55)59-24-21-49-19-22-58-23-20-49/h1-2,5-6,25-26,30-31,35-36H,3-4,7-24,27,47H2,(H,48,56)/t35-,36-/m1/s1. The Kier molecular flexibility index (Phi) is 14.3. The van der Waals surface area contributed by atoms with E-state index in [4.69, 9.17) is 31.5 Å².